The van der Waals surface area contributed by atoms with Crippen molar-refractivity contribution >= 4 is 5.82 Å². The topological polar surface area (TPSA) is 88.7 Å². The Morgan fingerprint density at radius 1 is 0.935 bits per heavy atom. The number of hydrogen-bond acceptors (Lipinski definition) is 7. The fourth-order valence-corrected chi connectivity index (χ4v) is 3.43. The number of nitrogens with zero attached hydrogens (tertiary/aromatic N) is 2. The highest BCUT2D eigenvalue weighted by Crippen LogP contribution is 2.23. The fourth-order valence-electron chi connectivity index (χ4n) is 3.43. The molecule has 1 saturated heterocycles. The minimum absolute atomic E-state index is 0.184. The molecular formula is C24H27N3O4. The number of hydrogen-bond donors (Lipinski definition) is 1. The zero-order valence-corrected chi connectivity index (χ0v) is 17.3. The lowest BCUT2D eigenvalue weighted by Gasteiger charge is -2.35. The van der Waals surface area contributed by atoms with Crippen LogP contribution in [0, 0.1) is 0 Å². The molecule has 31 heavy (non-hydrogen) atoms. The summed E-state index contributed by atoms with van der Waals surface area (Å²) in [5.74, 6) is 0.366. The highest BCUT2D eigenvalue weighted by molar-refractivity contribution is 5.26. The summed E-state index contributed by atoms with van der Waals surface area (Å²) >= 11 is 0. The van der Waals surface area contributed by atoms with Crippen LogP contribution >= 0.6 is 0 Å². The zero-order chi connectivity index (χ0) is 21.3. The van der Waals surface area contributed by atoms with Gasteiger partial charge in [-0.3, -0.25) is 0 Å². The van der Waals surface area contributed by atoms with Crippen LogP contribution in [0.25, 0.3) is 0 Å². The Morgan fingerprint density at radius 2 is 1.65 bits per heavy atom. The largest absolute Gasteiger partial charge is 0.458 e. The molecule has 2 aromatic carbocycles. The molecule has 1 aliphatic rings. The Bertz CT molecular complexity index is 926. The molecule has 0 spiro atoms. The lowest BCUT2D eigenvalue weighted by atomic mass is 10.0. The maximum Gasteiger partial charge on any atom is 0.318 e. The summed E-state index contributed by atoms with van der Waals surface area (Å²) in [6, 6.07) is 22.0. The van der Waals surface area contributed by atoms with E-state index in [2.05, 4.69) is 9.97 Å². The molecule has 0 amide bonds. The van der Waals surface area contributed by atoms with Crippen molar-refractivity contribution in [2.45, 2.75) is 37.9 Å². The van der Waals surface area contributed by atoms with Gasteiger partial charge >= 0.3 is 6.01 Å². The molecule has 1 aromatic heterocycles. The molecule has 2 N–H and O–H groups in total. The van der Waals surface area contributed by atoms with E-state index in [4.69, 9.17) is 24.7 Å². The van der Waals surface area contributed by atoms with Crippen LogP contribution in [0.5, 0.6) is 6.01 Å². The van der Waals surface area contributed by atoms with Crippen LogP contribution in [-0.2, 0) is 27.4 Å². The van der Waals surface area contributed by atoms with Crippen molar-refractivity contribution in [1.82, 2.24) is 9.97 Å². The number of aromatic nitrogens is 2. The Labute approximate surface area is 182 Å². The van der Waals surface area contributed by atoms with E-state index in [1.54, 1.807) is 12.3 Å². The summed E-state index contributed by atoms with van der Waals surface area (Å²) in [5.41, 5.74) is 7.95. The second-order valence-electron chi connectivity index (χ2n) is 7.45. The predicted octanol–water partition coefficient (Wildman–Crippen LogP) is 3.40. The van der Waals surface area contributed by atoms with Crippen LogP contribution in [0.1, 0.15) is 17.5 Å². The first kappa shape index (κ1) is 21.2. The molecule has 0 bridgehead atoms. The minimum Gasteiger partial charge on any atom is -0.458 e. The number of nitrogen functional groups attached to an aromatic ring is 1. The first-order valence-corrected chi connectivity index (χ1v) is 10.4. The maximum absolute atomic E-state index is 6.23. The van der Waals surface area contributed by atoms with Crippen molar-refractivity contribution in [1.29, 1.82) is 0 Å². The molecule has 3 atom stereocenters. The van der Waals surface area contributed by atoms with E-state index < -0.39 is 0 Å². The lowest BCUT2D eigenvalue weighted by Crippen LogP contribution is -2.47. The third kappa shape index (κ3) is 6.49. The number of benzene rings is 2. The monoisotopic (exact) mass is 421 g/mol. The Kier molecular flexibility index (Phi) is 7.44. The third-order valence-electron chi connectivity index (χ3n) is 5.03. The first-order valence-electron chi connectivity index (χ1n) is 10.4. The summed E-state index contributed by atoms with van der Waals surface area (Å²) in [6.45, 7) is 1.87. The van der Waals surface area contributed by atoms with Crippen LogP contribution in [0.4, 0.5) is 5.82 Å². The SMILES string of the molecule is Nc1ccnc(O[C@H]2CO[C@H](COCc3ccccc3)[C@@H](OCc3ccccc3)C2)n1. The van der Waals surface area contributed by atoms with Crippen molar-refractivity contribution in [2.75, 3.05) is 18.9 Å². The minimum atomic E-state index is -0.229. The van der Waals surface area contributed by atoms with E-state index in [0.717, 1.165) is 11.1 Å². The number of nitrogens with two attached hydrogens (primary N) is 1. The normalized spacial score (nSPS) is 21.0. The Balaban J connectivity index is 1.36. The van der Waals surface area contributed by atoms with Crippen molar-refractivity contribution in [3.8, 4) is 6.01 Å². The van der Waals surface area contributed by atoms with Crippen LogP contribution in [0.2, 0.25) is 0 Å². The van der Waals surface area contributed by atoms with Crippen molar-refractivity contribution in [3.05, 3.63) is 84.1 Å². The van der Waals surface area contributed by atoms with Crippen molar-refractivity contribution in [2.24, 2.45) is 0 Å². The molecular weight excluding hydrogens is 394 g/mol. The van der Waals surface area contributed by atoms with E-state index in [9.17, 15) is 0 Å². The van der Waals surface area contributed by atoms with Crippen LogP contribution in [0.15, 0.2) is 72.9 Å². The van der Waals surface area contributed by atoms with E-state index in [0.29, 0.717) is 38.7 Å². The van der Waals surface area contributed by atoms with E-state index in [1.807, 2.05) is 60.7 Å². The summed E-state index contributed by atoms with van der Waals surface area (Å²) < 4.78 is 24.1. The van der Waals surface area contributed by atoms with Gasteiger partial charge in [0.05, 0.1) is 32.5 Å². The van der Waals surface area contributed by atoms with E-state index in [1.165, 1.54) is 0 Å². The van der Waals surface area contributed by atoms with Gasteiger partial charge < -0.3 is 24.7 Å². The van der Waals surface area contributed by atoms with E-state index >= 15 is 0 Å². The summed E-state index contributed by atoms with van der Waals surface area (Å²) in [7, 11) is 0. The predicted molar refractivity (Wildman–Crippen MR) is 116 cm³/mol. The molecule has 3 aromatic rings. The summed E-state index contributed by atoms with van der Waals surface area (Å²) in [5, 5.41) is 0. The molecule has 1 fully saturated rings. The number of rotatable bonds is 9. The molecule has 4 rings (SSSR count). The van der Waals surface area contributed by atoms with Gasteiger partial charge in [-0.2, -0.15) is 4.98 Å². The standard InChI is InChI=1S/C24H27N3O4/c25-23-11-12-26-24(27-23)31-20-13-21(29-15-19-9-5-2-6-10-19)22(30-16-20)17-28-14-18-7-3-1-4-8-18/h1-12,20-22H,13-17H2,(H2,25,26,27)/t20-,21+,22-/m1/s1. The summed E-state index contributed by atoms with van der Waals surface area (Å²) in [6.07, 6.45) is 1.62. The highest BCUT2D eigenvalue weighted by Gasteiger charge is 2.34. The van der Waals surface area contributed by atoms with Gasteiger partial charge in [-0.25, -0.2) is 4.98 Å². The molecule has 162 valence electrons. The van der Waals surface area contributed by atoms with Gasteiger partial charge in [-0.1, -0.05) is 60.7 Å². The second-order valence-corrected chi connectivity index (χ2v) is 7.45. The number of ether oxygens (including phenoxy) is 4. The Hall–Kier alpha value is -3.00. The van der Waals surface area contributed by atoms with Gasteiger partial charge in [0.2, 0.25) is 0 Å². The molecule has 0 saturated carbocycles. The van der Waals surface area contributed by atoms with Crippen molar-refractivity contribution < 1.29 is 18.9 Å². The van der Waals surface area contributed by atoms with Gasteiger partial charge in [0.15, 0.2) is 0 Å². The molecule has 0 radical (unpaired) electrons. The molecule has 0 unspecified atom stereocenters. The average molecular weight is 421 g/mol. The zero-order valence-electron chi connectivity index (χ0n) is 17.3. The fraction of sp³-hybridized carbons (Fsp3) is 0.333. The first-order chi connectivity index (χ1) is 15.3. The van der Waals surface area contributed by atoms with E-state index in [-0.39, 0.29) is 24.3 Å². The van der Waals surface area contributed by atoms with Crippen molar-refractivity contribution in [3.63, 3.8) is 0 Å². The molecule has 7 nitrogen and oxygen atoms in total. The Morgan fingerprint density at radius 3 is 2.35 bits per heavy atom. The molecule has 7 heteroatoms. The average Bonchev–Trinajstić information content (AvgIpc) is 2.80. The quantitative estimate of drug-likeness (QED) is 0.566. The summed E-state index contributed by atoms with van der Waals surface area (Å²) in [4.78, 5) is 8.23. The van der Waals surface area contributed by atoms with Gasteiger partial charge in [0, 0.05) is 12.6 Å². The van der Waals surface area contributed by atoms with Crippen LogP contribution in [0.3, 0.4) is 0 Å². The smallest absolute Gasteiger partial charge is 0.318 e. The van der Waals surface area contributed by atoms with Gasteiger partial charge in [-0.05, 0) is 17.2 Å². The second kappa shape index (κ2) is 10.9. The number of anilines is 1. The molecule has 1 aliphatic heterocycles. The maximum atomic E-state index is 6.23. The molecule has 0 aliphatic carbocycles. The van der Waals surface area contributed by atoms with Crippen LogP contribution in [-0.4, -0.2) is 41.5 Å². The van der Waals surface area contributed by atoms with Gasteiger partial charge in [-0.15, -0.1) is 0 Å². The van der Waals surface area contributed by atoms with Crippen LogP contribution < -0.4 is 10.5 Å². The van der Waals surface area contributed by atoms with Gasteiger partial charge in [0.1, 0.15) is 18.0 Å². The highest BCUT2D eigenvalue weighted by atomic mass is 16.6. The third-order valence-corrected chi connectivity index (χ3v) is 5.03. The molecule has 2 heterocycles. The lowest BCUT2D eigenvalue weighted by molar-refractivity contribution is -0.164. The van der Waals surface area contributed by atoms with Gasteiger partial charge in [0.25, 0.3) is 0 Å².